The van der Waals surface area contributed by atoms with Crippen LogP contribution in [0.15, 0.2) is 29.0 Å². The maximum Gasteiger partial charge on any atom is 0.348 e. The highest BCUT2D eigenvalue weighted by molar-refractivity contribution is 9.10. The van der Waals surface area contributed by atoms with E-state index in [1.165, 1.54) is 24.8 Å². The zero-order valence-electron chi connectivity index (χ0n) is 12.8. The number of aromatic nitrogens is 2. The minimum absolute atomic E-state index is 0.352. The van der Waals surface area contributed by atoms with Crippen LogP contribution in [0.1, 0.15) is 20.8 Å². The largest absolute Gasteiger partial charge is 0.465 e. The van der Waals surface area contributed by atoms with Crippen LogP contribution in [0, 0.1) is 13.8 Å². The standard InChI is InChI=1S/C16H14BrN3O2S/c1-8-4-5-10(6-11(8)17)20-14-12-9(2)13(16(21)22-3)23-15(12)19-7-18-14/h4-7H,1-3H3,(H,18,19,20). The predicted octanol–water partition coefficient (Wildman–Crippen LogP) is 4.60. The number of rotatable bonds is 3. The summed E-state index contributed by atoms with van der Waals surface area (Å²) in [6.07, 6.45) is 1.49. The van der Waals surface area contributed by atoms with Gasteiger partial charge in [-0.2, -0.15) is 0 Å². The fourth-order valence-corrected chi connectivity index (χ4v) is 3.71. The number of carbonyl (C=O) groups excluding carboxylic acids is 1. The number of nitrogens with zero attached hydrogens (tertiary/aromatic N) is 2. The van der Waals surface area contributed by atoms with Crippen LogP contribution in [0.2, 0.25) is 0 Å². The van der Waals surface area contributed by atoms with Gasteiger partial charge in [-0.1, -0.05) is 22.0 Å². The van der Waals surface area contributed by atoms with E-state index in [9.17, 15) is 4.79 Å². The number of fused-ring (bicyclic) bond motifs is 1. The van der Waals surface area contributed by atoms with Gasteiger partial charge in [0.1, 0.15) is 21.9 Å². The number of nitrogens with one attached hydrogen (secondary N) is 1. The van der Waals surface area contributed by atoms with Crippen LogP contribution in [0.25, 0.3) is 10.2 Å². The van der Waals surface area contributed by atoms with Crippen LogP contribution in [0.5, 0.6) is 0 Å². The smallest absolute Gasteiger partial charge is 0.348 e. The molecule has 0 aliphatic heterocycles. The Kier molecular flexibility index (Phi) is 4.32. The first-order valence-electron chi connectivity index (χ1n) is 6.87. The molecule has 0 spiro atoms. The maximum absolute atomic E-state index is 11.9. The molecule has 23 heavy (non-hydrogen) atoms. The molecule has 0 bridgehead atoms. The molecule has 0 saturated carbocycles. The minimum atomic E-state index is -0.352. The number of halogens is 1. The molecule has 3 rings (SSSR count). The Morgan fingerprint density at radius 1 is 1.30 bits per heavy atom. The molecule has 118 valence electrons. The summed E-state index contributed by atoms with van der Waals surface area (Å²) in [6, 6.07) is 5.99. The molecule has 1 N–H and O–H groups in total. The monoisotopic (exact) mass is 391 g/mol. The second kappa shape index (κ2) is 6.25. The van der Waals surface area contributed by atoms with E-state index in [1.807, 2.05) is 32.0 Å². The number of benzene rings is 1. The van der Waals surface area contributed by atoms with Gasteiger partial charge in [0.25, 0.3) is 0 Å². The van der Waals surface area contributed by atoms with Crippen LogP contribution < -0.4 is 5.32 Å². The van der Waals surface area contributed by atoms with Crippen molar-refractivity contribution in [2.75, 3.05) is 12.4 Å². The third-order valence-electron chi connectivity index (χ3n) is 3.53. The molecular formula is C16H14BrN3O2S. The summed E-state index contributed by atoms with van der Waals surface area (Å²) in [4.78, 5) is 21.8. The lowest BCUT2D eigenvalue weighted by Crippen LogP contribution is -2.00. The maximum atomic E-state index is 11.9. The Labute approximate surface area is 145 Å². The highest BCUT2D eigenvalue weighted by Gasteiger charge is 2.19. The number of hydrogen-bond acceptors (Lipinski definition) is 6. The summed E-state index contributed by atoms with van der Waals surface area (Å²) >= 11 is 4.84. The molecule has 0 radical (unpaired) electrons. The number of anilines is 2. The van der Waals surface area contributed by atoms with Crippen molar-refractivity contribution in [2.45, 2.75) is 13.8 Å². The number of thiophene rings is 1. The van der Waals surface area contributed by atoms with Gasteiger partial charge in [0.05, 0.1) is 12.5 Å². The Morgan fingerprint density at radius 3 is 2.78 bits per heavy atom. The number of hydrogen-bond donors (Lipinski definition) is 1. The van der Waals surface area contributed by atoms with E-state index in [0.717, 1.165) is 31.5 Å². The molecule has 5 nitrogen and oxygen atoms in total. The molecule has 2 aromatic heterocycles. The Balaban J connectivity index is 2.08. The van der Waals surface area contributed by atoms with E-state index in [-0.39, 0.29) is 5.97 Å². The second-order valence-corrected chi connectivity index (χ2v) is 6.89. The van der Waals surface area contributed by atoms with Crippen LogP contribution >= 0.6 is 27.3 Å². The quantitative estimate of drug-likeness (QED) is 0.660. The zero-order chi connectivity index (χ0) is 16.6. The van der Waals surface area contributed by atoms with Gasteiger partial charge in [0, 0.05) is 10.2 Å². The molecule has 0 saturated heterocycles. The zero-order valence-corrected chi connectivity index (χ0v) is 15.2. The van der Waals surface area contributed by atoms with Gasteiger partial charge in [-0.25, -0.2) is 14.8 Å². The van der Waals surface area contributed by atoms with E-state index in [4.69, 9.17) is 4.74 Å². The summed E-state index contributed by atoms with van der Waals surface area (Å²) in [5.41, 5.74) is 2.89. The highest BCUT2D eigenvalue weighted by Crippen LogP contribution is 2.35. The lowest BCUT2D eigenvalue weighted by molar-refractivity contribution is 0.0605. The van der Waals surface area contributed by atoms with Crippen molar-refractivity contribution in [3.8, 4) is 0 Å². The van der Waals surface area contributed by atoms with E-state index in [0.29, 0.717) is 10.7 Å². The van der Waals surface area contributed by atoms with E-state index >= 15 is 0 Å². The van der Waals surface area contributed by atoms with Crippen molar-refractivity contribution in [2.24, 2.45) is 0 Å². The van der Waals surface area contributed by atoms with E-state index < -0.39 is 0 Å². The van der Waals surface area contributed by atoms with Gasteiger partial charge in [0.15, 0.2) is 0 Å². The van der Waals surface area contributed by atoms with Gasteiger partial charge in [-0.15, -0.1) is 11.3 Å². The molecule has 0 amide bonds. The summed E-state index contributed by atoms with van der Waals surface area (Å²) in [5, 5.41) is 4.14. The molecule has 2 heterocycles. The number of carbonyl (C=O) groups is 1. The average molecular weight is 392 g/mol. The van der Waals surface area contributed by atoms with Crippen molar-refractivity contribution in [3.63, 3.8) is 0 Å². The Bertz CT molecular complexity index is 908. The molecule has 0 aliphatic rings. The molecule has 0 aliphatic carbocycles. The van der Waals surface area contributed by atoms with Gasteiger partial charge in [-0.3, -0.25) is 0 Å². The summed E-state index contributed by atoms with van der Waals surface area (Å²) in [5.74, 6) is 0.323. The predicted molar refractivity (Wildman–Crippen MR) is 95.7 cm³/mol. The molecule has 0 atom stereocenters. The van der Waals surface area contributed by atoms with Gasteiger partial charge in [-0.05, 0) is 37.1 Å². The Hall–Kier alpha value is -1.99. The SMILES string of the molecule is COC(=O)c1sc2ncnc(Nc3ccc(C)c(Br)c3)c2c1C. The van der Waals surface area contributed by atoms with Crippen molar-refractivity contribution in [1.29, 1.82) is 0 Å². The summed E-state index contributed by atoms with van der Waals surface area (Å²) in [6.45, 7) is 3.91. The normalized spacial score (nSPS) is 10.8. The van der Waals surface area contributed by atoms with E-state index in [2.05, 4.69) is 31.2 Å². The molecule has 0 unspecified atom stereocenters. The Morgan fingerprint density at radius 2 is 2.09 bits per heavy atom. The topological polar surface area (TPSA) is 64.1 Å². The first-order chi connectivity index (χ1) is 11.0. The molecular weight excluding hydrogens is 378 g/mol. The minimum Gasteiger partial charge on any atom is -0.465 e. The van der Waals surface area contributed by atoms with Crippen LogP contribution in [0.4, 0.5) is 11.5 Å². The fraction of sp³-hybridized carbons (Fsp3) is 0.188. The molecule has 7 heteroatoms. The summed E-state index contributed by atoms with van der Waals surface area (Å²) in [7, 11) is 1.38. The van der Waals surface area contributed by atoms with E-state index in [1.54, 1.807) is 0 Å². The lowest BCUT2D eigenvalue weighted by atomic mass is 10.2. The van der Waals surface area contributed by atoms with Crippen molar-refractivity contribution in [3.05, 3.63) is 45.0 Å². The van der Waals surface area contributed by atoms with Gasteiger partial charge >= 0.3 is 5.97 Å². The first kappa shape index (κ1) is 15.9. The molecule has 0 fully saturated rings. The third kappa shape index (κ3) is 2.94. The number of esters is 1. The number of aryl methyl sites for hydroxylation is 2. The third-order valence-corrected chi connectivity index (χ3v) is 5.57. The van der Waals surface area contributed by atoms with Crippen LogP contribution in [0.3, 0.4) is 0 Å². The summed E-state index contributed by atoms with van der Waals surface area (Å²) < 4.78 is 5.85. The molecule has 1 aromatic carbocycles. The number of methoxy groups -OCH3 is 1. The van der Waals surface area contributed by atoms with Gasteiger partial charge < -0.3 is 10.1 Å². The molecule has 3 aromatic rings. The van der Waals surface area contributed by atoms with Crippen molar-refractivity contribution >= 4 is 55.0 Å². The first-order valence-corrected chi connectivity index (χ1v) is 8.47. The van der Waals surface area contributed by atoms with Crippen LogP contribution in [-0.4, -0.2) is 23.0 Å². The lowest BCUT2D eigenvalue weighted by Gasteiger charge is -2.08. The fourth-order valence-electron chi connectivity index (χ4n) is 2.26. The average Bonchev–Trinajstić information content (AvgIpc) is 2.88. The second-order valence-electron chi connectivity index (χ2n) is 5.04. The highest BCUT2D eigenvalue weighted by atomic mass is 79.9. The van der Waals surface area contributed by atoms with Crippen molar-refractivity contribution in [1.82, 2.24) is 9.97 Å². The number of ether oxygens (including phenoxy) is 1. The van der Waals surface area contributed by atoms with Crippen molar-refractivity contribution < 1.29 is 9.53 Å². The van der Waals surface area contributed by atoms with Crippen LogP contribution in [-0.2, 0) is 4.74 Å². The van der Waals surface area contributed by atoms with Gasteiger partial charge in [0.2, 0.25) is 0 Å².